The van der Waals surface area contributed by atoms with E-state index in [1.165, 1.54) is 23.1 Å². The maximum absolute atomic E-state index is 12.6. The van der Waals surface area contributed by atoms with Crippen molar-refractivity contribution in [1.82, 2.24) is 4.90 Å². The minimum Gasteiger partial charge on any atom is -0.480 e. The van der Waals surface area contributed by atoms with Crippen LogP contribution in [0.25, 0.3) is 0 Å². The first-order valence-electron chi connectivity index (χ1n) is 8.10. The molecule has 0 saturated carbocycles. The molecule has 2 aromatic carbocycles. The molecule has 0 radical (unpaired) electrons. The monoisotopic (exact) mass is 375 g/mol. The van der Waals surface area contributed by atoms with Crippen molar-refractivity contribution >= 4 is 21.7 Å². The Bertz CT molecular complexity index is 891. The number of rotatable bonds is 7. The molecule has 1 amide bonds. The summed E-state index contributed by atoms with van der Waals surface area (Å²) >= 11 is 0. The van der Waals surface area contributed by atoms with Gasteiger partial charge in [-0.3, -0.25) is 9.59 Å². The molecule has 0 spiro atoms. The number of carbonyl (C=O) groups is 2. The van der Waals surface area contributed by atoms with Crippen molar-refractivity contribution in [3.8, 4) is 0 Å². The van der Waals surface area contributed by atoms with Gasteiger partial charge in [0.25, 0.3) is 5.91 Å². The van der Waals surface area contributed by atoms with E-state index in [4.69, 9.17) is 5.11 Å². The number of hydrogen-bond donors (Lipinski definition) is 1. The van der Waals surface area contributed by atoms with E-state index in [0.717, 1.165) is 0 Å². The molecule has 0 aromatic heterocycles. The fraction of sp³-hybridized carbons (Fsp3) is 0.263. The fourth-order valence-corrected chi connectivity index (χ4v) is 3.88. The maximum Gasteiger partial charge on any atom is 0.323 e. The van der Waals surface area contributed by atoms with Gasteiger partial charge in [0.2, 0.25) is 0 Å². The van der Waals surface area contributed by atoms with Crippen LogP contribution in [0, 0.1) is 0 Å². The van der Waals surface area contributed by atoms with Gasteiger partial charge in [0.15, 0.2) is 9.84 Å². The van der Waals surface area contributed by atoms with Gasteiger partial charge in [0, 0.05) is 11.6 Å². The highest BCUT2D eigenvalue weighted by molar-refractivity contribution is 7.90. The minimum absolute atomic E-state index is 0.214. The van der Waals surface area contributed by atoms with Gasteiger partial charge < -0.3 is 10.0 Å². The van der Waals surface area contributed by atoms with Crippen LogP contribution in [0.1, 0.15) is 29.8 Å². The molecule has 0 aliphatic carbocycles. The first-order chi connectivity index (χ1) is 12.2. The van der Waals surface area contributed by atoms with E-state index >= 15 is 0 Å². The predicted molar refractivity (Wildman–Crippen MR) is 97.6 cm³/mol. The van der Waals surface area contributed by atoms with Crippen LogP contribution in [0.4, 0.5) is 0 Å². The van der Waals surface area contributed by atoms with Crippen LogP contribution in [-0.4, -0.2) is 42.9 Å². The standard InChI is InChI=1S/C19H21NO5S/c1-14(2)20(12-18(21)22)19(23)16-8-6-7-15(11-16)13-26(24,25)17-9-4-3-5-10-17/h3-11,14H,12-13H2,1-2H3,(H,21,22). The van der Waals surface area contributed by atoms with Gasteiger partial charge in [-0.1, -0.05) is 30.3 Å². The highest BCUT2D eigenvalue weighted by Gasteiger charge is 2.22. The Morgan fingerprint density at radius 2 is 1.69 bits per heavy atom. The normalized spacial score (nSPS) is 11.3. The van der Waals surface area contributed by atoms with Crippen molar-refractivity contribution in [2.24, 2.45) is 0 Å². The molecule has 2 rings (SSSR count). The molecule has 0 unspecified atom stereocenters. The lowest BCUT2D eigenvalue weighted by Crippen LogP contribution is -2.40. The van der Waals surface area contributed by atoms with Crippen LogP contribution >= 0.6 is 0 Å². The van der Waals surface area contributed by atoms with Crippen LogP contribution in [-0.2, 0) is 20.4 Å². The average Bonchev–Trinajstić information content (AvgIpc) is 2.59. The van der Waals surface area contributed by atoms with Crippen LogP contribution in [0.2, 0.25) is 0 Å². The molecule has 6 nitrogen and oxygen atoms in total. The highest BCUT2D eigenvalue weighted by atomic mass is 32.2. The van der Waals surface area contributed by atoms with Crippen LogP contribution < -0.4 is 0 Å². The molecule has 26 heavy (non-hydrogen) atoms. The summed E-state index contributed by atoms with van der Waals surface area (Å²) in [6.07, 6.45) is 0. The molecule has 138 valence electrons. The Labute approximate surface area is 153 Å². The zero-order chi connectivity index (χ0) is 19.3. The lowest BCUT2D eigenvalue weighted by Gasteiger charge is -2.25. The highest BCUT2D eigenvalue weighted by Crippen LogP contribution is 2.18. The molecule has 7 heteroatoms. The molecular weight excluding hydrogens is 354 g/mol. The smallest absolute Gasteiger partial charge is 0.323 e. The predicted octanol–water partition coefficient (Wildman–Crippen LogP) is 2.60. The third-order valence-corrected chi connectivity index (χ3v) is 5.53. The Balaban J connectivity index is 2.27. The molecule has 0 aliphatic heterocycles. The quantitative estimate of drug-likeness (QED) is 0.803. The Kier molecular flexibility index (Phi) is 6.15. The van der Waals surface area contributed by atoms with Crippen molar-refractivity contribution in [2.75, 3.05) is 6.54 Å². The average molecular weight is 375 g/mol. The summed E-state index contributed by atoms with van der Waals surface area (Å²) in [4.78, 5) is 25.1. The van der Waals surface area contributed by atoms with E-state index in [2.05, 4.69) is 0 Å². The van der Waals surface area contributed by atoms with E-state index in [1.54, 1.807) is 50.2 Å². The summed E-state index contributed by atoms with van der Waals surface area (Å²) in [6.45, 7) is 3.04. The SMILES string of the molecule is CC(C)N(CC(=O)O)C(=O)c1cccc(CS(=O)(=O)c2ccccc2)c1. The number of amides is 1. The van der Waals surface area contributed by atoms with Gasteiger partial charge in [-0.15, -0.1) is 0 Å². The summed E-state index contributed by atoms with van der Waals surface area (Å²) in [5.41, 5.74) is 0.736. The molecule has 0 aliphatic rings. The number of hydrogen-bond acceptors (Lipinski definition) is 4. The molecule has 2 aromatic rings. The van der Waals surface area contributed by atoms with Gasteiger partial charge in [-0.05, 0) is 43.7 Å². The lowest BCUT2D eigenvalue weighted by atomic mass is 10.1. The van der Waals surface area contributed by atoms with Crippen LogP contribution in [0.15, 0.2) is 59.5 Å². The second-order valence-electron chi connectivity index (χ2n) is 6.19. The first-order valence-corrected chi connectivity index (χ1v) is 9.75. The third kappa shape index (κ3) is 4.92. The first kappa shape index (κ1) is 19.7. The molecule has 0 saturated heterocycles. The van der Waals surface area contributed by atoms with Crippen LogP contribution in [0.3, 0.4) is 0 Å². The lowest BCUT2D eigenvalue weighted by molar-refractivity contribution is -0.138. The van der Waals surface area contributed by atoms with E-state index in [9.17, 15) is 18.0 Å². The number of nitrogens with zero attached hydrogens (tertiary/aromatic N) is 1. The van der Waals surface area contributed by atoms with Gasteiger partial charge >= 0.3 is 5.97 Å². The Morgan fingerprint density at radius 3 is 2.27 bits per heavy atom. The number of benzene rings is 2. The second kappa shape index (κ2) is 8.14. The molecular formula is C19H21NO5S. The number of aliphatic carboxylic acids is 1. The topological polar surface area (TPSA) is 91.8 Å². The third-order valence-electron chi connectivity index (χ3n) is 3.82. The molecule has 0 bridgehead atoms. The van der Waals surface area contributed by atoms with Crippen molar-refractivity contribution in [2.45, 2.75) is 30.5 Å². The second-order valence-corrected chi connectivity index (χ2v) is 8.18. The van der Waals surface area contributed by atoms with Crippen molar-refractivity contribution < 1.29 is 23.1 Å². The summed E-state index contributed by atoms with van der Waals surface area (Å²) in [7, 11) is -3.53. The van der Waals surface area contributed by atoms with E-state index in [-0.39, 0.29) is 22.3 Å². The molecule has 0 heterocycles. The summed E-state index contributed by atoms with van der Waals surface area (Å²) < 4.78 is 25.0. The van der Waals surface area contributed by atoms with Gasteiger partial charge in [0.05, 0.1) is 10.6 Å². The molecule has 1 N–H and O–H groups in total. The van der Waals surface area contributed by atoms with Crippen molar-refractivity contribution in [3.63, 3.8) is 0 Å². The molecule has 0 fully saturated rings. The van der Waals surface area contributed by atoms with E-state index in [1.807, 2.05) is 0 Å². The number of carboxylic acid groups (broad SMARTS) is 1. The number of carboxylic acids is 1. The zero-order valence-corrected chi connectivity index (χ0v) is 15.4. The van der Waals surface area contributed by atoms with Gasteiger partial charge in [-0.2, -0.15) is 0 Å². The minimum atomic E-state index is -3.53. The van der Waals surface area contributed by atoms with Gasteiger partial charge in [0.1, 0.15) is 6.54 Å². The summed E-state index contributed by atoms with van der Waals surface area (Å²) in [5, 5.41) is 8.99. The fourth-order valence-electron chi connectivity index (χ4n) is 2.53. The summed E-state index contributed by atoms with van der Waals surface area (Å²) in [5.74, 6) is -1.78. The van der Waals surface area contributed by atoms with E-state index in [0.29, 0.717) is 5.56 Å². The van der Waals surface area contributed by atoms with Crippen molar-refractivity contribution in [3.05, 3.63) is 65.7 Å². The van der Waals surface area contributed by atoms with Gasteiger partial charge in [-0.25, -0.2) is 8.42 Å². The Morgan fingerprint density at radius 1 is 1.04 bits per heavy atom. The maximum atomic E-state index is 12.6. The molecule has 0 atom stereocenters. The number of sulfone groups is 1. The van der Waals surface area contributed by atoms with Crippen molar-refractivity contribution in [1.29, 1.82) is 0 Å². The largest absolute Gasteiger partial charge is 0.480 e. The summed E-state index contributed by atoms with van der Waals surface area (Å²) in [6, 6.07) is 14.1. The Hall–Kier alpha value is -2.67. The van der Waals surface area contributed by atoms with E-state index < -0.39 is 28.3 Å². The zero-order valence-electron chi connectivity index (χ0n) is 14.6. The number of carbonyl (C=O) groups excluding carboxylic acids is 1. The van der Waals surface area contributed by atoms with Crippen LogP contribution in [0.5, 0.6) is 0 Å².